The average Bonchev–Trinajstić information content (AvgIpc) is 2.83. The van der Waals surface area contributed by atoms with Crippen LogP contribution in [-0.4, -0.2) is 17.5 Å². The van der Waals surface area contributed by atoms with Crippen LogP contribution in [-0.2, 0) is 13.0 Å². The van der Waals surface area contributed by atoms with Gasteiger partial charge < -0.3 is 14.5 Å². The third kappa shape index (κ3) is 2.91. The van der Waals surface area contributed by atoms with Gasteiger partial charge in [-0.3, -0.25) is 4.79 Å². The Labute approximate surface area is 123 Å². The molecule has 0 radical (unpaired) electrons. The summed E-state index contributed by atoms with van der Waals surface area (Å²) < 4.78 is 10.9. The van der Waals surface area contributed by atoms with Gasteiger partial charge in [0, 0.05) is 13.5 Å². The van der Waals surface area contributed by atoms with Crippen molar-refractivity contribution in [1.82, 2.24) is 10.3 Å². The Morgan fingerprint density at radius 2 is 2.24 bits per heavy atom. The maximum atomic E-state index is 12.1. The Hall–Kier alpha value is -2.30. The Bertz CT molecular complexity index is 676. The van der Waals surface area contributed by atoms with E-state index in [1.54, 1.807) is 13.8 Å². The van der Waals surface area contributed by atoms with E-state index in [4.69, 9.17) is 9.15 Å². The molecule has 0 bridgehead atoms. The zero-order valence-electron chi connectivity index (χ0n) is 12.2. The summed E-state index contributed by atoms with van der Waals surface area (Å²) in [4.78, 5) is 16.2. The summed E-state index contributed by atoms with van der Waals surface area (Å²) in [5.41, 5.74) is 2.88. The molecule has 5 nitrogen and oxygen atoms in total. The van der Waals surface area contributed by atoms with Crippen LogP contribution in [0.5, 0.6) is 5.75 Å². The molecule has 21 heavy (non-hydrogen) atoms. The Morgan fingerprint density at radius 3 is 3.00 bits per heavy atom. The minimum absolute atomic E-state index is 0.234. The van der Waals surface area contributed by atoms with Crippen molar-refractivity contribution < 1.29 is 13.9 Å². The Morgan fingerprint density at radius 1 is 1.38 bits per heavy atom. The lowest BCUT2D eigenvalue weighted by atomic mass is 10.0. The van der Waals surface area contributed by atoms with Gasteiger partial charge in [-0.2, -0.15) is 0 Å². The molecule has 2 heterocycles. The van der Waals surface area contributed by atoms with Crippen molar-refractivity contribution in [2.45, 2.75) is 33.2 Å². The molecule has 0 spiro atoms. The van der Waals surface area contributed by atoms with E-state index in [9.17, 15) is 4.79 Å². The molecule has 1 aliphatic rings. The number of fused-ring (bicyclic) bond motifs is 1. The number of carbonyl (C=O) groups is 1. The highest BCUT2D eigenvalue weighted by Crippen LogP contribution is 2.25. The van der Waals surface area contributed by atoms with E-state index in [1.807, 2.05) is 12.1 Å². The standard InChI is InChI=1S/C16H18N2O3/c1-10-15(21-11(2)18-10)16(19)17-9-12-5-6-14-13(8-12)4-3-7-20-14/h5-6,8H,3-4,7,9H2,1-2H3,(H,17,19). The second kappa shape index (κ2) is 5.60. The van der Waals surface area contributed by atoms with Crippen LogP contribution < -0.4 is 10.1 Å². The summed E-state index contributed by atoms with van der Waals surface area (Å²) in [6, 6.07) is 6.04. The van der Waals surface area contributed by atoms with Crippen LogP contribution in [0.25, 0.3) is 0 Å². The quantitative estimate of drug-likeness (QED) is 0.941. The van der Waals surface area contributed by atoms with Crippen molar-refractivity contribution in [3.63, 3.8) is 0 Å². The van der Waals surface area contributed by atoms with Gasteiger partial charge in [-0.1, -0.05) is 12.1 Å². The van der Waals surface area contributed by atoms with Crippen molar-refractivity contribution in [3.05, 3.63) is 46.7 Å². The van der Waals surface area contributed by atoms with E-state index in [2.05, 4.69) is 16.4 Å². The van der Waals surface area contributed by atoms with Gasteiger partial charge in [0.05, 0.1) is 12.3 Å². The fourth-order valence-corrected chi connectivity index (χ4v) is 2.53. The number of hydrogen-bond acceptors (Lipinski definition) is 4. The van der Waals surface area contributed by atoms with E-state index in [0.29, 0.717) is 18.1 Å². The fraction of sp³-hybridized carbons (Fsp3) is 0.375. The first-order chi connectivity index (χ1) is 10.1. The van der Waals surface area contributed by atoms with Gasteiger partial charge in [0.15, 0.2) is 5.89 Å². The van der Waals surface area contributed by atoms with Crippen LogP contribution in [0.1, 0.15) is 39.7 Å². The molecule has 0 saturated heterocycles. The van der Waals surface area contributed by atoms with Crippen molar-refractivity contribution in [2.75, 3.05) is 6.61 Å². The molecule has 1 N–H and O–H groups in total. The summed E-state index contributed by atoms with van der Waals surface area (Å²) >= 11 is 0. The van der Waals surface area contributed by atoms with Crippen molar-refractivity contribution in [1.29, 1.82) is 0 Å². The maximum Gasteiger partial charge on any atom is 0.289 e. The van der Waals surface area contributed by atoms with Gasteiger partial charge in [-0.25, -0.2) is 4.98 Å². The third-order valence-electron chi connectivity index (χ3n) is 3.54. The number of aromatic nitrogens is 1. The largest absolute Gasteiger partial charge is 0.493 e. The number of oxazole rings is 1. The number of amides is 1. The molecule has 110 valence electrons. The molecule has 3 rings (SSSR count). The van der Waals surface area contributed by atoms with Crippen LogP contribution in [0.4, 0.5) is 0 Å². The zero-order chi connectivity index (χ0) is 14.8. The molecular formula is C16H18N2O3. The van der Waals surface area contributed by atoms with Crippen LogP contribution in [0.3, 0.4) is 0 Å². The summed E-state index contributed by atoms with van der Waals surface area (Å²) in [5.74, 6) is 1.51. The molecule has 1 amide bonds. The van der Waals surface area contributed by atoms with E-state index in [0.717, 1.165) is 30.8 Å². The van der Waals surface area contributed by atoms with E-state index >= 15 is 0 Å². The zero-order valence-corrected chi connectivity index (χ0v) is 12.2. The monoisotopic (exact) mass is 286 g/mol. The highest BCUT2D eigenvalue weighted by Gasteiger charge is 2.16. The summed E-state index contributed by atoms with van der Waals surface area (Å²) in [6.07, 6.45) is 2.07. The van der Waals surface area contributed by atoms with Crippen molar-refractivity contribution in [2.24, 2.45) is 0 Å². The smallest absolute Gasteiger partial charge is 0.289 e. The normalized spacial score (nSPS) is 13.4. The van der Waals surface area contributed by atoms with Gasteiger partial charge in [-0.05, 0) is 37.0 Å². The minimum Gasteiger partial charge on any atom is -0.493 e. The number of rotatable bonds is 3. The molecule has 1 aliphatic heterocycles. The maximum absolute atomic E-state index is 12.1. The number of hydrogen-bond donors (Lipinski definition) is 1. The molecule has 0 fully saturated rings. The Kier molecular flexibility index (Phi) is 3.64. The van der Waals surface area contributed by atoms with Gasteiger partial charge in [0.2, 0.25) is 5.76 Å². The lowest BCUT2D eigenvalue weighted by molar-refractivity contribution is 0.0921. The van der Waals surface area contributed by atoms with Crippen LogP contribution in [0, 0.1) is 13.8 Å². The molecule has 5 heteroatoms. The number of nitrogens with zero attached hydrogens (tertiary/aromatic N) is 1. The van der Waals surface area contributed by atoms with E-state index < -0.39 is 0 Å². The first-order valence-electron chi connectivity index (χ1n) is 7.10. The molecule has 2 aromatic rings. The fourth-order valence-electron chi connectivity index (χ4n) is 2.53. The van der Waals surface area contributed by atoms with Gasteiger partial charge >= 0.3 is 0 Å². The second-order valence-corrected chi connectivity index (χ2v) is 5.22. The predicted octanol–water partition coefficient (Wildman–Crippen LogP) is 2.55. The number of nitrogens with one attached hydrogen (secondary N) is 1. The number of aryl methyl sites for hydroxylation is 3. The first-order valence-corrected chi connectivity index (χ1v) is 7.10. The number of ether oxygens (including phenoxy) is 1. The number of benzene rings is 1. The molecule has 0 unspecified atom stereocenters. The summed E-state index contributed by atoms with van der Waals surface area (Å²) in [6.45, 7) is 4.74. The van der Waals surface area contributed by atoms with Gasteiger partial charge in [0.25, 0.3) is 5.91 Å². The summed E-state index contributed by atoms with van der Waals surface area (Å²) in [7, 11) is 0. The van der Waals surface area contributed by atoms with Crippen molar-refractivity contribution >= 4 is 5.91 Å². The van der Waals surface area contributed by atoms with Gasteiger partial charge in [0.1, 0.15) is 5.75 Å². The van der Waals surface area contributed by atoms with E-state index in [-0.39, 0.29) is 11.7 Å². The van der Waals surface area contributed by atoms with Crippen LogP contribution in [0.2, 0.25) is 0 Å². The second-order valence-electron chi connectivity index (χ2n) is 5.22. The molecule has 0 aliphatic carbocycles. The topological polar surface area (TPSA) is 64.4 Å². The molecule has 0 saturated carbocycles. The first kappa shape index (κ1) is 13.7. The lowest BCUT2D eigenvalue weighted by Gasteiger charge is -2.17. The van der Waals surface area contributed by atoms with Crippen molar-refractivity contribution in [3.8, 4) is 5.75 Å². The molecule has 1 aromatic heterocycles. The predicted molar refractivity (Wildman–Crippen MR) is 77.4 cm³/mol. The SMILES string of the molecule is Cc1nc(C)c(C(=O)NCc2ccc3c(c2)CCCO3)o1. The minimum atomic E-state index is -0.234. The highest BCUT2D eigenvalue weighted by atomic mass is 16.5. The molecule has 1 aromatic carbocycles. The Balaban J connectivity index is 1.67. The van der Waals surface area contributed by atoms with E-state index in [1.165, 1.54) is 5.56 Å². The molecular weight excluding hydrogens is 268 g/mol. The average molecular weight is 286 g/mol. The molecule has 0 atom stereocenters. The highest BCUT2D eigenvalue weighted by molar-refractivity contribution is 5.92. The lowest BCUT2D eigenvalue weighted by Crippen LogP contribution is -2.23. The summed E-state index contributed by atoms with van der Waals surface area (Å²) in [5, 5.41) is 2.86. The van der Waals surface area contributed by atoms with Crippen LogP contribution >= 0.6 is 0 Å². The van der Waals surface area contributed by atoms with Crippen LogP contribution in [0.15, 0.2) is 22.6 Å². The third-order valence-corrected chi connectivity index (χ3v) is 3.54. The van der Waals surface area contributed by atoms with Gasteiger partial charge in [-0.15, -0.1) is 0 Å². The number of carbonyl (C=O) groups excluding carboxylic acids is 1.